The van der Waals surface area contributed by atoms with Crippen molar-refractivity contribution in [1.82, 2.24) is 5.32 Å². The van der Waals surface area contributed by atoms with Crippen molar-refractivity contribution >= 4 is 11.0 Å². The Balaban J connectivity index is 2.55. The smallest absolute Gasteiger partial charge is 0.140 e. The third-order valence-electron chi connectivity index (χ3n) is 2.67. The average Bonchev–Trinajstić information content (AvgIpc) is 2.63. The van der Waals surface area contributed by atoms with Gasteiger partial charge >= 0.3 is 0 Å². The molecule has 86 valence electrons. The highest BCUT2D eigenvalue weighted by atomic mass is 19.1. The summed E-state index contributed by atoms with van der Waals surface area (Å²) < 4.78 is 31.8. The lowest BCUT2D eigenvalue weighted by molar-refractivity contribution is 0.443. The number of nitrogens with one attached hydrogen (secondary N) is 1. The molecule has 0 aliphatic heterocycles. The average molecular weight is 225 g/mol. The minimum Gasteiger partial charge on any atom is -0.459 e. The third kappa shape index (κ3) is 1.80. The standard InChI is InChI=1S/C12H13F2NO/c1-3-10(15-2)12-6-8-9(14)4-7(13)5-11(8)16-12/h4-6,10,15H,3H2,1-2H3. The van der Waals surface area contributed by atoms with Gasteiger partial charge in [-0.05, 0) is 19.5 Å². The molecule has 1 atom stereocenters. The first-order valence-corrected chi connectivity index (χ1v) is 5.21. The zero-order valence-electron chi connectivity index (χ0n) is 9.18. The molecule has 0 fully saturated rings. The first-order chi connectivity index (χ1) is 7.65. The van der Waals surface area contributed by atoms with Gasteiger partial charge in [-0.1, -0.05) is 6.92 Å². The maximum atomic E-state index is 13.4. The van der Waals surface area contributed by atoms with Crippen molar-refractivity contribution < 1.29 is 13.2 Å². The molecule has 0 saturated heterocycles. The second-order valence-corrected chi connectivity index (χ2v) is 3.70. The van der Waals surface area contributed by atoms with Crippen molar-refractivity contribution in [3.05, 3.63) is 35.6 Å². The highest BCUT2D eigenvalue weighted by molar-refractivity contribution is 5.78. The Morgan fingerprint density at radius 2 is 2.06 bits per heavy atom. The molecule has 0 saturated carbocycles. The Labute approximate surface area is 92.2 Å². The molecular weight excluding hydrogens is 212 g/mol. The molecule has 4 heteroatoms. The van der Waals surface area contributed by atoms with Gasteiger partial charge in [0.05, 0.1) is 11.4 Å². The van der Waals surface area contributed by atoms with Crippen LogP contribution in [0.4, 0.5) is 8.78 Å². The number of rotatable bonds is 3. The fourth-order valence-electron chi connectivity index (χ4n) is 1.80. The van der Waals surface area contributed by atoms with Gasteiger partial charge in [-0.3, -0.25) is 0 Å². The van der Waals surface area contributed by atoms with Crippen LogP contribution in [0.15, 0.2) is 22.6 Å². The van der Waals surface area contributed by atoms with Crippen molar-refractivity contribution in [2.45, 2.75) is 19.4 Å². The van der Waals surface area contributed by atoms with Crippen LogP contribution in [-0.4, -0.2) is 7.05 Å². The van der Waals surface area contributed by atoms with Gasteiger partial charge in [-0.15, -0.1) is 0 Å². The van der Waals surface area contributed by atoms with Gasteiger partial charge in [0, 0.05) is 12.1 Å². The Morgan fingerprint density at radius 1 is 1.31 bits per heavy atom. The van der Waals surface area contributed by atoms with Gasteiger partial charge in [-0.25, -0.2) is 8.78 Å². The van der Waals surface area contributed by atoms with Crippen molar-refractivity contribution in [3.8, 4) is 0 Å². The van der Waals surface area contributed by atoms with Crippen LogP contribution < -0.4 is 5.32 Å². The molecule has 0 amide bonds. The Morgan fingerprint density at radius 3 is 2.69 bits per heavy atom. The van der Waals surface area contributed by atoms with E-state index in [9.17, 15) is 8.78 Å². The second-order valence-electron chi connectivity index (χ2n) is 3.70. The van der Waals surface area contributed by atoms with Gasteiger partial charge < -0.3 is 9.73 Å². The van der Waals surface area contributed by atoms with E-state index in [0.717, 1.165) is 12.5 Å². The molecule has 0 bridgehead atoms. The lowest BCUT2D eigenvalue weighted by atomic mass is 10.1. The molecule has 1 heterocycles. The van der Waals surface area contributed by atoms with E-state index in [2.05, 4.69) is 5.32 Å². The normalized spacial score (nSPS) is 13.2. The Hall–Kier alpha value is -1.42. The largest absolute Gasteiger partial charge is 0.459 e. The molecule has 2 nitrogen and oxygen atoms in total. The zero-order chi connectivity index (χ0) is 11.7. The van der Waals surface area contributed by atoms with E-state index >= 15 is 0 Å². The number of benzene rings is 1. The van der Waals surface area contributed by atoms with Gasteiger partial charge in [0.1, 0.15) is 23.0 Å². The van der Waals surface area contributed by atoms with Crippen LogP contribution in [0, 0.1) is 11.6 Å². The molecular formula is C12H13F2NO. The monoisotopic (exact) mass is 225 g/mol. The van der Waals surface area contributed by atoms with Gasteiger partial charge in [0.2, 0.25) is 0 Å². The first-order valence-electron chi connectivity index (χ1n) is 5.21. The molecule has 1 N–H and O–H groups in total. The van der Waals surface area contributed by atoms with Crippen molar-refractivity contribution in [2.75, 3.05) is 7.05 Å². The predicted octanol–water partition coefficient (Wildman–Crippen LogP) is 3.38. The zero-order valence-corrected chi connectivity index (χ0v) is 9.18. The maximum absolute atomic E-state index is 13.4. The van der Waals surface area contributed by atoms with Crippen molar-refractivity contribution in [1.29, 1.82) is 0 Å². The van der Waals surface area contributed by atoms with E-state index < -0.39 is 11.6 Å². The van der Waals surface area contributed by atoms with E-state index in [0.29, 0.717) is 11.1 Å². The number of furan rings is 1. The van der Waals surface area contributed by atoms with Crippen LogP contribution in [0.25, 0.3) is 11.0 Å². The van der Waals surface area contributed by atoms with Crippen LogP contribution in [0.3, 0.4) is 0 Å². The highest BCUT2D eigenvalue weighted by Gasteiger charge is 2.15. The quantitative estimate of drug-likeness (QED) is 0.866. The molecule has 1 aromatic carbocycles. The highest BCUT2D eigenvalue weighted by Crippen LogP contribution is 2.28. The summed E-state index contributed by atoms with van der Waals surface area (Å²) in [6.07, 6.45) is 0.820. The molecule has 1 unspecified atom stereocenters. The summed E-state index contributed by atoms with van der Waals surface area (Å²) in [6, 6.07) is 3.70. The number of fused-ring (bicyclic) bond motifs is 1. The van der Waals surface area contributed by atoms with Crippen molar-refractivity contribution in [2.24, 2.45) is 0 Å². The summed E-state index contributed by atoms with van der Waals surface area (Å²) >= 11 is 0. The predicted molar refractivity (Wildman–Crippen MR) is 58.2 cm³/mol. The Bertz CT molecular complexity index is 503. The van der Waals surface area contributed by atoms with E-state index in [1.54, 1.807) is 13.1 Å². The van der Waals surface area contributed by atoms with E-state index in [1.165, 1.54) is 6.07 Å². The summed E-state index contributed by atoms with van der Waals surface area (Å²) in [5, 5.41) is 3.38. The van der Waals surface area contributed by atoms with E-state index in [4.69, 9.17) is 4.42 Å². The fourth-order valence-corrected chi connectivity index (χ4v) is 1.80. The summed E-state index contributed by atoms with van der Waals surface area (Å²) in [7, 11) is 1.80. The SMILES string of the molecule is CCC(NC)c1cc2c(F)cc(F)cc2o1. The summed E-state index contributed by atoms with van der Waals surface area (Å²) in [6.45, 7) is 1.99. The van der Waals surface area contributed by atoms with Crippen LogP contribution in [0.5, 0.6) is 0 Å². The number of hydrogen-bond acceptors (Lipinski definition) is 2. The summed E-state index contributed by atoms with van der Waals surface area (Å²) in [5.41, 5.74) is 0.251. The molecule has 16 heavy (non-hydrogen) atoms. The molecule has 0 aliphatic carbocycles. The lowest BCUT2D eigenvalue weighted by Gasteiger charge is -2.09. The minimum atomic E-state index is -0.622. The first kappa shape index (κ1) is 11.1. The van der Waals surface area contributed by atoms with E-state index in [-0.39, 0.29) is 11.6 Å². The lowest BCUT2D eigenvalue weighted by Crippen LogP contribution is -2.14. The number of hydrogen-bond donors (Lipinski definition) is 1. The fraction of sp³-hybridized carbons (Fsp3) is 0.333. The van der Waals surface area contributed by atoms with Crippen LogP contribution in [0.2, 0.25) is 0 Å². The van der Waals surface area contributed by atoms with Crippen LogP contribution >= 0.6 is 0 Å². The molecule has 1 aromatic heterocycles. The summed E-state index contributed by atoms with van der Waals surface area (Å²) in [5.74, 6) is -0.580. The molecule has 2 rings (SSSR count). The van der Waals surface area contributed by atoms with Gasteiger partial charge in [0.15, 0.2) is 0 Å². The van der Waals surface area contributed by atoms with Crippen LogP contribution in [-0.2, 0) is 0 Å². The molecule has 0 aliphatic rings. The van der Waals surface area contributed by atoms with Gasteiger partial charge in [-0.2, -0.15) is 0 Å². The molecule has 2 aromatic rings. The maximum Gasteiger partial charge on any atom is 0.140 e. The summed E-state index contributed by atoms with van der Waals surface area (Å²) in [4.78, 5) is 0. The topological polar surface area (TPSA) is 25.2 Å². The van der Waals surface area contributed by atoms with Crippen molar-refractivity contribution in [3.63, 3.8) is 0 Å². The second kappa shape index (κ2) is 4.22. The Kier molecular flexibility index (Phi) is 2.92. The van der Waals surface area contributed by atoms with Gasteiger partial charge in [0.25, 0.3) is 0 Å². The van der Waals surface area contributed by atoms with Crippen LogP contribution in [0.1, 0.15) is 25.1 Å². The molecule has 0 spiro atoms. The molecule has 0 radical (unpaired) electrons. The van der Waals surface area contributed by atoms with E-state index in [1.807, 2.05) is 6.92 Å². The minimum absolute atomic E-state index is 0.0230. The number of halogens is 2. The third-order valence-corrected chi connectivity index (χ3v) is 2.67.